The molecule has 2 aromatic carbocycles. The van der Waals surface area contributed by atoms with E-state index in [1.165, 1.54) is 11.6 Å². The summed E-state index contributed by atoms with van der Waals surface area (Å²) in [4.78, 5) is 11.3. The van der Waals surface area contributed by atoms with Crippen molar-refractivity contribution >= 4 is 16.7 Å². The van der Waals surface area contributed by atoms with Crippen molar-refractivity contribution in [3.63, 3.8) is 0 Å². The number of aromatic hydroxyl groups is 1. The molecular weight excluding hydrogens is 252 g/mol. The summed E-state index contributed by atoms with van der Waals surface area (Å²) in [7, 11) is 0. The van der Waals surface area contributed by atoms with Crippen molar-refractivity contribution in [3.05, 3.63) is 48.6 Å². The zero-order valence-electron chi connectivity index (χ0n) is 11.6. The number of carbonyl (C=O) groups is 1. The third kappa shape index (κ3) is 3.18. The zero-order chi connectivity index (χ0) is 14.5. The molecule has 104 valence electrons. The topological polar surface area (TPSA) is 46.5 Å². The van der Waals surface area contributed by atoms with E-state index in [0.717, 1.165) is 36.1 Å². The van der Waals surface area contributed by atoms with Crippen molar-refractivity contribution in [1.29, 1.82) is 0 Å². The molecule has 1 N–H and O–H groups in total. The highest BCUT2D eigenvalue weighted by molar-refractivity contribution is 5.93. The highest BCUT2D eigenvalue weighted by atomic mass is 16.5. The van der Waals surface area contributed by atoms with Crippen molar-refractivity contribution in [2.45, 2.75) is 26.2 Å². The molecule has 2 aromatic rings. The number of hydrogen-bond acceptors (Lipinski definition) is 3. The summed E-state index contributed by atoms with van der Waals surface area (Å²) in [6, 6.07) is 9.09. The number of phenols is 1. The van der Waals surface area contributed by atoms with Crippen LogP contribution in [0.15, 0.2) is 43.0 Å². The van der Waals surface area contributed by atoms with Crippen LogP contribution in [-0.4, -0.2) is 11.1 Å². The number of rotatable bonds is 5. The van der Waals surface area contributed by atoms with E-state index in [9.17, 15) is 9.90 Å². The van der Waals surface area contributed by atoms with E-state index in [-0.39, 0.29) is 5.75 Å². The van der Waals surface area contributed by atoms with Gasteiger partial charge in [-0.05, 0) is 29.9 Å². The Morgan fingerprint density at radius 1 is 1.35 bits per heavy atom. The van der Waals surface area contributed by atoms with Crippen molar-refractivity contribution in [1.82, 2.24) is 0 Å². The second-order valence-electron chi connectivity index (χ2n) is 4.73. The third-order valence-electron chi connectivity index (χ3n) is 3.16. The summed E-state index contributed by atoms with van der Waals surface area (Å²) in [5.74, 6) is -0.101. The molecule has 0 aliphatic heterocycles. The Labute approximate surface area is 118 Å². The monoisotopic (exact) mass is 270 g/mol. The number of unbranched alkanes of at least 4 members (excludes halogenated alkanes) is 1. The highest BCUT2D eigenvalue weighted by Gasteiger charge is 2.08. The smallest absolute Gasteiger partial charge is 0.335 e. The molecule has 3 heteroatoms. The van der Waals surface area contributed by atoms with Crippen LogP contribution in [0.3, 0.4) is 0 Å². The van der Waals surface area contributed by atoms with E-state index in [1.807, 2.05) is 18.2 Å². The van der Waals surface area contributed by atoms with Gasteiger partial charge >= 0.3 is 5.97 Å². The minimum Gasteiger partial charge on any atom is -0.508 e. The molecule has 0 amide bonds. The van der Waals surface area contributed by atoms with E-state index in [1.54, 1.807) is 6.07 Å². The number of benzene rings is 2. The molecule has 0 heterocycles. The van der Waals surface area contributed by atoms with Gasteiger partial charge in [0.05, 0.1) is 0 Å². The fourth-order valence-electron chi connectivity index (χ4n) is 2.14. The minimum atomic E-state index is -0.535. The van der Waals surface area contributed by atoms with Crippen LogP contribution in [0.4, 0.5) is 0 Å². The molecule has 20 heavy (non-hydrogen) atoms. The molecule has 0 saturated heterocycles. The van der Waals surface area contributed by atoms with E-state index >= 15 is 0 Å². The molecule has 0 radical (unpaired) electrons. The van der Waals surface area contributed by atoms with Crippen molar-refractivity contribution in [2.75, 3.05) is 0 Å². The van der Waals surface area contributed by atoms with Crippen LogP contribution in [-0.2, 0) is 11.2 Å². The van der Waals surface area contributed by atoms with Gasteiger partial charge in [-0.1, -0.05) is 38.1 Å². The van der Waals surface area contributed by atoms with Crippen LogP contribution in [0.2, 0.25) is 0 Å². The van der Waals surface area contributed by atoms with Crippen molar-refractivity contribution in [3.8, 4) is 11.5 Å². The molecule has 0 fully saturated rings. The summed E-state index contributed by atoms with van der Waals surface area (Å²) in [5.41, 5.74) is 1.21. The maximum atomic E-state index is 11.3. The predicted octanol–water partition coefficient (Wildman–Crippen LogP) is 3.98. The van der Waals surface area contributed by atoms with E-state index in [2.05, 4.69) is 13.5 Å². The fraction of sp³-hybridized carbons (Fsp3) is 0.235. The van der Waals surface area contributed by atoms with Crippen LogP contribution >= 0.6 is 0 Å². The molecule has 2 rings (SSSR count). The lowest BCUT2D eigenvalue weighted by molar-refractivity contribution is -0.128. The van der Waals surface area contributed by atoms with E-state index in [0.29, 0.717) is 5.75 Å². The minimum absolute atomic E-state index is 0.0806. The Bertz CT molecular complexity index is 644. The molecule has 0 aromatic heterocycles. The average Bonchev–Trinajstić information content (AvgIpc) is 2.44. The average molecular weight is 270 g/mol. The largest absolute Gasteiger partial charge is 0.508 e. The molecule has 0 aliphatic carbocycles. The summed E-state index contributed by atoms with van der Waals surface area (Å²) < 4.78 is 5.16. The first kappa shape index (κ1) is 14.1. The normalized spacial score (nSPS) is 10.4. The Morgan fingerprint density at radius 2 is 2.15 bits per heavy atom. The molecule has 0 saturated carbocycles. The number of esters is 1. The first-order valence-electron chi connectivity index (χ1n) is 6.74. The Balaban J connectivity index is 2.43. The highest BCUT2D eigenvalue weighted by Crippen LogP contribution is 2.31. The SMILES string of the molecule is C=CC(=O)Oc1cc(O)cc2cc(CCCC)ccc12. The van der Waals surface area contributed by atoms with Crippen LogP contribution in [0.1, 0.15) is 25.3 Å². The molecule has 0 spiro atoms. The maximum Gasteiger partial charge on any atom is 0.335 e. The quantitative estimate of drug-likeness (QED) is 0.508. The first-order valence-corrected chi connectivity index (χ1v) is 6.74. The fourth-order valence-corrected chi connectivity index (χ4v) is 2.14. The summed E-state index contributed by atoms with van der Waals surface area (Å²) >= 11 is 0. The number of hydrogen-bond donors (Lipinski definition) is 1. The standard InChI is InChI=1S/C17H18O3/c1-3-5-6-12-7-8-15-13(9-12)10-14(18)11-16(15)20-17(19)4-2/h4,7-11,18H,2-3,5-6H2,1H3. The number of phenolic OH excluding ortho intramolecular Hbond substituents is 1. The van der Waals surface area contributed by atoms with Gasteiger partial charge in [0.15, 0.2) is 0 Å². The zero-order valence-corrected chi connectivity index (χ0v) is 11.6. The lowest BCUT2D eigenvalue weighted by Gasteiger charge is -2.09. The van der Waals surface area contributed by atoms with Gasteiger partial charge in [0.1, 0.15) is 11.5 Å². The first-order chi connectivity index (χ1) is 9.63. The second-order valence-corrected chi connectivity index (χ2v) is 4.73. The maximum absolute atomic E-state index is 11.3. The summed E-state index contributed by atoms with van der Waals surface area (Å²) in [6.07, 6.45) is 4.37. The van der Waals surface area contributed by atoms with Gasteiger partial charge in [-0.15, -0.1) is 0 Å². The van der Waals surface area contributed by atoms with Crippen LogP contribution < -0.4 is 4.74 Å². The van der Waals surface area contributed by atoms with Crippen LogP contribution in [0.5, 0.6) is 11.5 Å². The third-order valence-corrected chi connectivity index (χ3v) is 3.16. The van der Waals surface area contributed by atoms with Gasteiger partial charge in [-0.2, -0.15) is 0 Å². The van der Waals surface area contributed by atoms with Gasteiger partial charge < -0.3 is 9.84 Å². The summed E-state index contributed by atoms with van der Waals surface area (Å²) in [6.45, 7) is 5.52. The summed E-state index contributed by atoms with van der Waals surface area (Å²) in [5, 5.41) is 11.4. The molecule has 0 atom stereocenters. The Hall–Kier alpha value is -2.29. The molecule has 3 nitrogen and oxygen atoms in total. The molecular formula is C17H18O3. The van der Waals surface area contributed by atoms with Gasteiger partial charge in [-0.3, -0.25) is 0 Å². The predicted molar refractivity (Wildman–Crippen MR) is 80.1 cm³/mol. The Kier molecular flexibility index (Phi) is 4.41. The van der Waals surface area contributed by atoms with Gasteiger partial charge in [0.2, 0.25) is 0 Å². The lowest BCUT2D eigenvalue weighted by Crippen LogP contribution is -2.03. The number of carbonyl (C=O) groups excluding carboxylic acids is 1. The number of fused-ring (bicyclic) bond motifs is 1. The van der Waals surface area contributed by atoms with E-state index < -0.39 is 5.97 Å². The van der Waals surface area contributed by atoms with Crippen molar-refractivity contribution in [2.24, 2.45) is 0 Å². The van der Waals surface area contributed by atoms with Crippen LogP contribution in [0, 0.1) is 0 Å². The molecule has 0 aliphatic rings. The molecule has 0 bridgehead atoms. The van der Waals surface area contributed by atoms with Gasteiger partial charge in [-0.25, -0.2) is 4.79 Å². The van der Waals surface area contributed by atoms with Crippen LogP contribution in [0.25, 0.3) is 10.8 Å². The lowest BCUT2D eigenvalue weighted by atomic mass is 10.0. The number of ether oxygens (including phenoxy) is 1. The Morgan fingerprint density at radius 3 is 2.85 bits per heavy atom. The molecule has 0 unspecified atom stereocenters. The van der Waals surface area contributed by atoms with Gasteiger partial charge in [0, 0.05) is 17.5 Å². The second kappa shape index (κ2) is 6.24. The van der Waals surface area contributed by atoms with Gasteiger partial charge in [0.25, 0.3) is 0 Å². The van der Waals surface area contributed by atoms with Crippen molar-refractivity contribution < 1.29 is 14.6 Å². The van der Waals surface area contributed by atoms with E-state index in [4.69, 9.17) is 4.74 Å². The number of aryl methyl sites for hydroxylation is 1.